The molecule has 0 aliphatic rings. The van der Waals surface area contributed by atoms with E-state index in [0.29, 0.717) is 5.92 Å². The Morgan fingerprint density at radius 3 is 2.00 bits per heavy atom. The zero-order valence-electron chi connectivity index (χ0n) is 9.22. The van der Waals surface area contributed by atoms with Crippen LogP contribution in [0.15, 0.2) is 0 Å². The van der Waals surface area contributed by atoms with Crippen LogP contribution in [0.25, 0.3) is 0 Å². The summed E-state index contributed by atoms with van der Waals surface area (Å²) in [6, 6.07) is 0. The Morgan fingerprint density at radius 1 is 1.17 bits per heavy atom. The molecular weight excluding hydrogens is 148 g/mol. The van der Waals surface area contributed by atoms with Gasteiger partial charge in [0.25, 0.3) is 0 Å². The number of hydrogen-bond acceptors (Lipinski definition) is 1. The van der Waals surface area contributed by atoms with Crippen molar-refractivity contribution < 1.29 is 5.11 Å². The summed E-state index contributed by atoms with van der Waals surface area (Å²) in [5.41, 5.74) is -0.456. The molecule has 0 rings (SSSR count). The third kappa shape index (κ3) is 4.10. The molecule has 0 aromatic carbocycles. The average Bonchev–Trinajstić information content (AvgIpc) is 2.02. The van der Waals surface area contributed by atoms with Gasteiger partial charge in [-0.25, -0.2) is 0 Å². The molecule has 0 aliphatic heterocycles. The Morgan fingerprint density at radius 2 is 1.67 bits per heavy atom. The van der Waals surface area contributed by atoms with Crippen molar-refractivity contribution in [1.29, 1.82) is 0 Å². The van der Waals surface area contributed by atoms with Crippen LogP contribution in [0.5, 0.6) is 0 Å². The molecule has 1 N–H and O–H groups in total. The topological polar surface area (TPSA) is 20.2 Å². The molecule has 74 valence electrons. The van der Waals surface area contributed by atoms with Crippen molar-refractivity contribution in [1.82, 2.24) is 0 Å². The van der Waals surface area contributed by atoms with Crippen LogP contribution in [0.1, 0.15) is 53.9 Å². The van der Waals surface area contributed by atoms with Crippen LogP contribution in [-0.2, 0) is 0 Å². The van der Waals surface area contributed by atoms with Crippen molar-refractivity contribution in [3.63, 3.8) is 0 Å². The molecule has 0 heterocycles. The van der Waals surface area contributed by atoms with Gasteiger partial charge in [0.05, 0.1) is 5.60 Å². The summed E-state index contributed by atoms with van der Waals surface area (Å²) in [6.45, 7) is 10.7. The maximum absolute atomic E-state index is 9.84. The second kappa shape index (κ2) is 4.86. The molecule has 12 heavy (non-hydrogen) atoms. The highest BCUT2D eigenvalue weighted by atomic mass is 16.3. The van der Waals surface area contributed by atoms with Crippen LogP contribution in [0.3, 0.4) is 0 Å². The summed E-state index contributed by atoms with van der Waals surface area (Å²) in [6.07, 6.45) is 2.99. The molecule has 1 heteroatoms. The van der Waals surface area contributed by atoms with Gasteiger partial charge in [0, 0.05) is 0 Å². The van der Waals surface area contributed by atoms with Gasteiger partial charge in [-0.1, -0.05) is 34.1 Å². The van der Waals surface area contributed by atoms with Gasteiger partial charge in [0.1, 0.15) is 0 Å². The lowest BCUT2D eigenvalue weighted by Crippen LogP contribution is -2.27. The fourth-order valence-electron chi connectivity index (χ4n) is 1.44. The SMILES string of the molecule is CCC(C)C(C)CC(C)(O)CC. The molecule has 0 amide bonds. The molecule has 0 bridgehead atoms. The minimum Gasteiger partial charge on any atom is -0.390 e. The maximum atomic E-state index is 9.84. The predicted octanol–water partition coefficient (Wildman–Crippen LogP) is 3.22. The first-order chi connectivity index (χ1) is 5.43. The molecular formula is C11H24O. The largest absolute Gasteiger partial charge is 0.390 e. The molecule has 0 saturated carbocycles. The van der Waals surface area contributed by atoms with Crippen molar-refractivity contribution >= 4 is 0 Å². The van der Waals surface area contributed by atoms with Gasteiger partial charge in [-0.05, 0) is 31.6 Å². The van der Waals surface area contributed by atoms with Crippen LogP contribution in [0.2, 0.25) is 0 Å². The highest BCUT2D eigenvalue weighted by molar-refractivity contribution is 4.75. The summed E-state index contributed by atoms with van der Waals surface area (Å²) < 4.78 is 0. The number of hydrogen-bond donors (Lipinski definition) is 1. The van der Waals surface area contributed by atoms with Crippen LogP contribution in [0.4, 0.5) is 0 Å². The normalized spacial score (nSPS) is 21.5. The van der Waals surface area contributed by atoms with Gasteiger partial charge in [0.15, 0.2) is 0 Å². The Bertz CT molecular complexity index is 118. The minimum atomic E-state index is -0.456. The number of rotatable bonds is 5. The van der Waals surface area contributed by atoms with E-state index in [0.717, 1.165) is 18.8 Å². The fraction of sp³-hybridized carbons (Fsp3) is 1.00. The highest BCUT2D eigenvalue weighted by Crippen LogP contribution is 2.26. The van der Waals surface area contributed by atoms with E-state index < -0.39 is 5.60 Å². The van der Waals surface area contributed by atoms with Gasteiger partial charge >= 0.3 is 0 Å². The van der Waals surface area contributed by atoms with Gasteiger partial charge in [-0.3, -0.25) is 0 Å². The monoisotopic (exact) mass is 172 g/mol. The van der Waals surface area contributed by atoms with E-state index in [1.807, 2.05) is 13.8 Å². The second-order valence-electron chi connectivity index (χ2n) is 4.42. The molecule has 0 saturated heterocycles. The Kier molecular flexibility index (Phi) is 4.84. The zero-order chi connectivity index (χ0) is 9.78. The molecule has 0 aromatic rings. The first-order valence-electron chi connectivity index (χ1n) is 5.15. The van der Waals surface area contributed by atoms with Crippen LogP contribution in [0, 0.1) is 11.8 Å². The maximum Gasteiger partial charge on any atom is 0.0619 e. The van der Waals surface area contributed by atoms with Crippen molar-refractivity contribution in [2.24, 2.45) is 11.8 Å². The lowest BCUT2D eigenvalue weighted by molar-refractivity contribution is 0.0242. The molecule has 3 unspecified atom stereocenters. The standard InChI is InChI=1S/C11H24O/c1-6-9(3)10(4)8-11(5,12)7-2/h9-10,12H,6-8H2,1-5H3. The Labute approximate surface area is 77.2 Å². The molecule has 3 atom stereocenters. The minimum absolute atomic E-state index is 0.456. The third-order valence-electron chi connectivity index (χ3n) is 3.14. The van der Waals surface area contributed by atoms with Gasteiger partial charge in [-0.2, -0.15) is 0 Å². The van der Waals surface area contributed by atoms with Gasteiger partial charge in [-0.15, -0.1) is 0 Å². The Hall–Kier alpha value is -0.0400. The van der Waals surface area contributed by atoms with Crippen molar-refractivity contribution in [2.45, 2.75) is 59.5 Å². The predicted molar refractivity (Wildman–Crippen MR) is 54.2 cm³/mol. The van der Waals surface area contributed by atoms with Gasteiger partial charge < -0.3 is 5.11 Å². The summed E-state index contributed by atoms with van der Waals surface area (Å²) >= 11 is 0. The smallest absolute Gasteiger partial charge is 0.0619 e. The quantitative estimate of drug-likeness (QED) is 0.675. The van der Waals surface area contributed by atoms with Gasteiger partial charge in [0.2, 0.25) is 0 Å². The summed E-state index contributed by atoms with van der Waals surface area (Å²) in [5.74, 6) is 1.35. The number of aliphatic hydroxyl groups is 1. The lowest BCUT2D eigenvalue weighted by Gasteiger charge is -2.28. The third-order valence-corrected chi connectivity index (χ3v) is 3.14. The molecule has 1 nitrogen and oxygen atoms in total. The van der Waals surface area contributed by atoms with Crippen LogP contribution in [-0.4, -0.2) is 10.7 Å². The van der Waals surface area contributed by atoms with Crippen molar-refractivity contribution in [3.05, 3.63) is 0 Å². The highest BCUT2D eigenvalue weighted by Gasteiger charge is 2.23. The molecule has 0 radical (unpaired) electrons. The van der Waals surface area contributed by atoms with E-state index in [4.69, 9.17) is 0 Å². The summed E-state index contributed by atoms with van der Waals surface area (Å²) in [4.78, 5) is 0. The van der Waals surface area contributed by atoms with Crippen LogP contribution >= 0.6 is 0 Å². The second-order valence-corrected chi connectivity index (χ2v) is 4.42. The first kappa shape index (κ1) is 12.0. The summed E-state index contributed by atoms with van der Waals surface area (Å²) in [7, 11) is 0. The van der Waals surface area contributed by atoms with E-state index >= 15 is 0 Å². The zero-order valence-corrected chi connectivity index (χ0v) is 9.22. The molecule has 0 fully saturated rings. The average molecular weight is 172 g/mol. The van der Waals surface area contributed by atoms with E-state index in [1.54, 1.807) is 0 Å². The molecule has 0 aromatic heterocycles. The van der Waals surface area contributed by atoms with Crippen molar-refractivity contribution in [3.8, 4) is 0 Å². The fourth-order valence-corrected chi connectivity index (χ4v) is 1.44. The first-order valence-corrected chi connectivity index (χ1v) is 5.15. The van der Waals surface area contributed by atoms with Crippen LogP contribution < -0.4 is 0 Å². The summed E-state index contributed by atoms with van der Waals surface area (Å²) in [5, 5.41) is 9.84. The lowest BCUT2D eigenvalue weighted by atomic mass is 9.83. The van der Waals surface area contributed by atoms with E-state index in [2.05, 4.69) is 20.8 Å². The van der Waals surface area contributed by atoms with Crippen molar-refractivity contribution in [2.75, 3.05) is 0 Å². The van der Waals surface area contributed by atoms with E-state index in [-0.39, 0.29) is 0 Å². The molecule has 0 spiro atoms. The molecule has 0 aliphatic carbocycles. The van der Waals surface area contributed by atoms with E-state index in [1.165, 1.54) is 6.42 Å². The Balaban J connectivity index is 3.90. The van der Waals surface area contributed by atoms with E-state index in [9.17, 15) is 5.11 Å².